The van der Waals surface area contributed by atoms with Gasteiger partial charge in [0.25, 0.3) is 0 Å². The fraction of sp³-hybridized carbons (Fsp3) is 0.278. The number of hydrogen-bond acceptors (Lipinski definition) is 3. The SMILES string of the molecule is COC1=CCCC=C1C(=O)/C(=C/N(C)C)c1ccccc1. The molecule has 0 bridgehead atoms. The predicted octanol–water partition coefficient (Wildman–Crippen LogP) is 3.41. The van der Waals surface area contributed by atoms with E-state index >= 15 is 0 Å². The van der Waals surface area contributed by atoms with Crippen molar-refractivity contribution >= 4 is 11.4 Å². The fourth-order valence-corrected chi connectivity index (χ4v) is 2.34. The number of ketones is 1. The third-order valence-corrected chi connectivity index (χ3v) is 3.29. The Morgan fingerprint density at radius 3 is 2.43 bits per heavy atom. The molecule has 0 aliphatic heterocycles. The van der Waals surface area contributed by atoms with Gasteiger partial charge in [0, 0.05) is 25.9 Å². The Hall–Kier alpha value is -2.29. The minimum Gasteiger partial charge on any atom is -0.496 e. The van der Waals surface area contributed by atoms with E-state index in [4.69, 9.17) is 4.74 Å². The van der Waals surface area contributed by atoms with Gasteiger partial charge in [0.15, 0.2) is 5.78 Å². The highest BCUT2D eigenvalue weighted by atomic mass is 16.5. The zero-order valence-corrected chi connectivity index (χ0v) is 12.8. The fourth-order valence-electron chi connectivity index (χ4n) is 2.34. The van der Waals surface area contributed by atoms with Gasteiger partial charge in [0.05, 0.1) is 12.7 Å². The first-order chi connectivity index (χ1) is 10.1. The zero-order chi connectivity index (χ0) is 15.2. The van der Waals surface area contributed by atoms with Gasteiger partial charge in [-0.05, 0) is 24.5 Å². The van der Waals surface area contributed by atoms with Crippen molar-refractivity contribution in [1.29, 1.82) is 0 Å². The lowest BCUT2D eigenvalue weighted by atomic mass is 9.93. The maximum Gasteiger partial charge on any atom is 0.198 e. The van der Waals surface area contributed by atoms with E-state index in [0.29, 0.717) is 16.9 Å². The van der Waals surface area contributed by atoms with Gasteiger partial charge in [-0.3, -0.25) is 4.79 Å². The molecule has 0 aromatic heterocycles. The second kappa shape index (κ2) is 6.93. The number of carbonyl (C=O) groups excluding carboxylic acids is 1. The van der Waals surface area contributed by atoms with Gasteiger partial charge < -0.3 is 9.64 Å². The van der Waals surface area contributed by atoms with E-state index in [9.17, 15) is 4.79 Å². The molecule has 0 atom stereocenters. The summed E-state index contributed by atoms with van der Waals surface area (Å²) in [4.78, 5) is 14.8. The van der Waals surface area contributed by atoms with Gasteiger partial charge in [-0.15, -0.1) is 0 Å². The second-order valence-electron chi connectivity index (χ2n) is 5.17. The number of methoxy groups -OCH3 is 1. The van der Waals surface area contributed by atoms with Crippen LogP contribution in [0.1, 0.15) is 18.4 Å². The summed E-state index contributed by atoms with van der Waals surface area (Å²) in [5, 5.41) is 0. The van der Waals surface area contributed by atoms with Gasteiger partial charge in [0.1, 0.15) is 5.76 Å². The molecule has 0 heterocycles. The van der Waals surface area contributed by atoms with Gasteiger partial charge in [-0.1, -0.05) is 36.4 Å². The summed E-state index contributed by atoms with van der Waals surface area (Å²) in [6, 6.07) is 9.73. The third kappa shape index (κ3) is 3.63. The van der Waals surface area contributed by atoms with E-state index in [-0.39, 0.29) is 5.78 Å². The number of hydrogen-bond donors (Lipinski definition) is 0. The summed E-state index contributed by atoms with van der Waals surface area (Å²) in [6.45, 7) is 0. The average Bonchev–Trinajstić information content (AvgIpc) is 2.52. The number of Topliss-reactive ketones (excluding diaryl/α,β-unsaturated/α-hetero) is 1. The Bertz CT molecular complexity index is 595. The van der Waals surface area contributed by atoms with E-state index in [2.05, 4.69) is 0 Å². The van der Waals surface area contributed by atoms with Crippen LogP contribution in [-0.2, 0) is 9.53 Å². The maximum absolute atomic E-state index is 12.9. The van der Waals surface area contributed by atoms with Crippen molar-refractivity contribution in [2.45, 2.75) is 12.8 Å². The van der Waals surface area contributed by atoms with Crippen LogP contribution in [0, 0.1) is 0 Å². The molecule has 1 aliphatic carbocycles. The molecule has 0 unspecified atom stereocenters. The Morgan fingerprint density at radius 2 is 1.81 bits per heavy atom. The molecule has 0 radical (unpaired) electrons. The number of ether oxygens (including phenoxy) is 1. The van der Waals surface area contributed by atoms with E-state index in [1.807, 2.05) is 67.7 Å². The van der Waals surface area contributed by atoms with Crippen LogP contribution in [0.4, 0.5) is 0 Å². The van der Waals surface area contributed by atoms with Crippen LogP contribution in [0.2, 0.25) is 0 Å². The van der Waals surface area contributed by atoms with Crippen LogP contribution >= 0.6 is 0 Å². The smallest absolute Gasteiger partial charge is 0.198 e. The monoisotopic (exact) mass is 283 g/mol. The zero-order valence-electron chi connectivity index (χ0n) is 12.8. The summed E-state index contributed by atoms with van der Waals surface area (Å²) in [5.41, 5.74) is 2.25. The molecule has 0 N–H and O–H groups in total. The maximum atomic E-state index is 12.9. The highest BCUT2D eigenvalue weighted by Crippen LogP contribution is 2.27. The summed E-state index contributed by atoms with van der Waals surface area (Å²) >= 11 is 0. The Labute approximate surface area is 126 Å². The van der Waals surface area contributed by atoms with Crippen LogP contribution in [0.15, 0.2) is 60.0 Å². The van der Waals surface area contributed by atoms with Crippen molar-refractivity contribution in [3.8, 4) is 0 Å². The number of nitrogens with zero attached hydrogens (tertiary/aromatic N) is 1. The molecule has 0 spiro atoms. The van der Waals surface area contributed by atoms with Crippen molar-refractivity contribution in [2.24, 2.45) is 0 Å². The van der Waals surface area contributed by atoms with E-state index in [1.165, 1.54) is 0 Å². The van der Waals surface area contributed by atoms with E-state index < -0.39 is 0 Å². The Kier molecular flexibility index (Phi) is 4.99. The Balaban J connectivity index is 2.41. The largest absolute Gasteiger partial charge is 0.496 e. The highest BCUT2D eigenvalue weighted by Gasteiger charge is 2.22. The van der Waals surface area contributed by atoms with Crippen molar-refractivity contribution in [3.05, 3.63) is 65.6 Å². The normalized spacial score (nSPS) is 15.1. The molecule has 1 aromatic carbocycles. The predicted molar refractivity (Wildman–Crippen MR) is 85.5 cm³/mol. The first-order valence-corrected chi connectivity index (χ1v) is 7.06. The average molecular weight is 283 g/mol. The molecule has 1 aliphatic rings. The van der Waals surface area contributed by atoms with Gasteiger partial charge in [0.2, 0.25) is 0 Å². The molecule has 0 fully saturated rings. The minimum atomic E-state index is 0.00250. The third-order valence-electron chi connectivity index (χ3n) is 3.29. The molecule has 3 nitrogen and oxygen atoms in total. The molecule has 1 aromatic rings. The number of carbonyl (C=O) groups is 1. The van der Waals surface area contributed by atoms with Crippen LogP contribution in [0.5, 0.6) is 0 Å². The van der Waals surface area contributed by atoms with Crippen LogP contribution in [-0.4, -0.2) is 31.9 Å². The van der Waals surface area contributed by atoms with Crippen LogP contribution < -0.4 is 0 Å². The topological polar surface area (TPSA) is 29.5 Å². The molecular formula is C18H21NO2. The Morgan fingerprint density at radius 1 is 1.14 bits per heavy atom. The molecule has 21 heavy (non-hydrogen) atoms. The molecule has 3 heteroatoms. The van der Waals surface area contributed by atoms with Gasteiger partial charge >= 0.3 is 0 Å². The van der Waals surface area contributed by atoms with Crippen molar-refractivity contribution < 1.29 is 9.53 Å². The van der Waals surface area contributed by atoms with E-state index in [0.717, 1.165) is 18.4 Å². The van der Waals surface area contributed by atoms with Gasteiger partial charge in [-0.25, -0.2) is 0 Å². The summed E-state index contributed by atoms with van der Waals surface area (Å²) in [7, 11) is 5.44. The standard InChI is InChI=1S/C18H21NO2/c1-19(2)13-16(14-9-5-4-6-10-14)18(20)15-11-7-8-12-17(15)21-3/h4-6,9-13H,7-8H2,1-3H3/b16-13+. The molecule has 0 saturated carbocycles. The molecule has 110 valence electrons. The van der Waals surface area contributed by atoms with Crippen molar-refractivity contribution in [1.82, 2.24) is 4.90 Å². The molecule has 2 rings (SSSR count). The van der Waals surface area contributed by atoms with Gasteiger partial charge in [-0.2, -0.15) is 0 Å². The number of benzene rings is 1. The number of rotatable bonds is 5. The first-order valence-electron chi connectivity index (χ1n) is 7.06. The molecular weight excluding hydrogens is 262 g/mol. The van der Waals surface area contributed by atoms with Crippen LogP contribution in [0.25, 0.3) is 5.57 Å². The lowest BCUT2D eigenvalue weighted by Crippen LogP contribution is -2.14. The minimum absolute atomic E-state index is 0.00250. The second-order valence-corrected chi connectivity index (χ2v) is 5.17. The first kappa shape index (κ1) is 15.1. The van der Waals surface area contributed by atoms with E-state index in [1.54, 1.807) is 7.11 Å². The molecule has 0 saturated heterocycles. The number of allylic oxidation sites excluding steroid dienone is 4. The summed E-state index contributed by atoms with van der Waals surface area (Å²) in [5.74, 6) is 0.675. The van der Waals surface area contributed by atoms with Crippen LogP contribution in [0.3, 0.4) is 0 Å². The van der Waals surface area contributed by atoms with Crippen molar-refractivity contribution in [3.63, 3.8) is 0 Å². The summed E-state index contributed by atoms with van der Waals surface area (Å²) in [6.07, 6.45) is 7.59. The summed E-state index contributed by atoms with van der Waals surface area (Å²) < 4.78 is 5.35. The highest BCUT2D eigenvalue weighted by molar-refractivity contribution is 6.30. The van der Waals surface area contributed by atoms with Crippen molar-refractivity contribution in [2.75, 3.05) is 21.2 Å². The lowest BCUT2D eigenvalue weighted by Gasteiger charge is -2.17. The lowest BCUT2D eigenvalue weighted by molar-refractivity contribution is -0.110. The molecule has 0 amide bonds. The quantitative estimate of drug-likeness (QED) is 0.776.